The number of halogens is 2. The zero-order valence-electron chi connectivity index (χ0n) is 18.6. The number of hydrogen-bond acceptors (Lipinski definition) is 7. The van der Waals surface area contributed by atoms with Crippen molar-refractivity contribution in [3.05, 3.63) is 59.2 Å². The highest BCUT2D eigenvalue weighted by Crippen LogP contribution is 2.28. The molecule has 0 aromatic heterocycles. The molecule has 2 atom stereocenters. The normalized spacial score (nSPS) is 15.2. The Kier molecular flexibility index (Phi) is 10.1. The highest BCUT2D eigenvalue weighted by atomic mass is 19.1. The molecule has 2 unspecified atom stereocenters. The van der Waals surface area contributed by atoms with E-state index in [9.17, 15) is 28.6 Å². The maximum absolute atomic E-state index is 13.0. The van der Waals surface area contributed by atoms with Gasteiger partial charge in [-0.05, 0) is 62.8 Å². The number of fused-ring (bicyclic) bond motifs is 1. The number of carbonyl (C=O) groups excluding carboxylic acids is 2. The molecule has 33 heavy (non-hydrogen) atoms. The Hall–Kier alpha value is -3.20. The van der Waals surface area contributed by atoms with Crippen molar-refractivity contribution in [3.8, 4) is 11.5 Å². The molecule has 2 aromatic rings. The number of benzene rings is 2. The average Bonchev–Trinajstić information content (AvgIpc) is 2.78. The van der Waals surface area contributed by atoms with Crippen molar-refractivity contribution in [2.45, 2.75) is 51.7 Å². The lowest BCUT2D eigenvalue weighted by Gasteiger charge is -2.24. The molecule has 0 radical (unpaired) electrons. The summed E-state index contributed by atoms with van der Waals surface area (Å²) in [5.41, 5.74) is 1.41. The second-order valence-electron chi connectivity index (χ2n) is 7.23. The lowest BCUT2D eigenvalue weighted by molar-refractivity contribution is -0.153. The van der Waals surface area contributed by atoms with Gasteiger partial charge in [0.1, 0.15) is 23.1 Å². The number of carbonyl (C=O) groups is 2. The number of ether oxygens (including phenoxy) is 3. The Morgan fingerprint density at radius 3 is 2.42 bits per heavy atom. The summed E-state index contributed by atoms with van der Waals surface area (Å²) < 4.78 is 40.6. The van der Waals surface area contributed by atoms with Crippen LogP contribution >= 0.6 is 0 Å². The summed E-state index contributed by atoms with van der Waals surface area (Å²) in [6, 6.07) is 8.01. The first-order chi connectivity index (χ1) is 15.7. The van der Waals surface area contributed by atoms with Crippen molar-refractivity contribution in [3.63, 3.8) is 0 Å². The van der Waals surface area contributed by atoms with Crippen molar-refractivity contribution in [1.82, 2.24) is 0 Å². The Bertz CT molecular complexity index is 948. The first-order valence-electron chi connectivity index (χ1n) is 10.7. The van der Waals surface area contributed by atoms with Gasteiger partial charge in [-0.25, -0.2) is 18.4 Å². The lowest BCUT2D eigenvalue weighted by Crippen LogP contribution is -2.32. The molecule has 2 N–H and O–H groups in total. The molecular formula is C24H28F2O7. The summed E-state index contributed by atoms with van der Waals surface area (Å²) in [4.78, 5) is 22.6. The summed E-state index contributed by atoms with van der Waals surface area (Å²) >= 11 is 0. The number of aromatic hydroxyl groups is 1. The van der Waals surface area contributed by atoms with E-state index in [1.165, 1.54) is 24.3 Å². The van der Waals surface area contributed by atoms with E-state index in [1.54, 1.807) is 19.9 Å². The number of aliphatic hydroxyl groups excluding tert-OH is 1. The van der Waals surface area contributed by atoms with Crippen molar-refractivity contribution < 1.29 is 42.8 Å². The van der Waals surface area contributed by atoms with Crippen LogP contribution in [-0.4, -0.2) is 47.6 Å². The van der Waals surface area contributed by atoms with Gasteiger partial charge in [0.25, 0.3) is 0 Å². The number of phenols is 1. The fraction of sp³-hybridized carbons (Fsp3) is 0.417. The van der Waals surface area contributed by atoms with Crippen LogP contribution in [0.25, 0.3) is 0 Å². The van der Waals surface area contributed by atoms with E-state index in [0.29, 0.717) is 30.8 Å². The maximum Gasteiger partial charge on any atom is 0.347 e. The van der Waals surface area contributed by atoms with Gasteiger partial charge in [0.15, 0.2) is 12.2 Å². The Labute approximate surface area is 190 Å². The SMILES string of the molecule is CCOC(=O)C(O)CCc1ccc(F)cc1O.CCOC(=O)C1CCc2ccc(F)cc2O1. The molecule has 180 valence electrons. The molecule has 0 saturated heterocycles. The van der Waals surface area contributed by atoms with Crippen LogP contribution in [0.4, 0.5) is 8.78 Å². The van der Waals surface area contributed by atoms with Gasteiger partial charge < -0.3 is 24.4 Å². The van der Waals surface area contributed by atoms with Gasteiger partial charge >= 0.3 is 11.9 Å². The number of rotatable bonds is 7. The van der Waals surface area contributed by atoms with Gasteiger partial charge in [-0.3, -0.25) is 0 Å². The summed E-state index contributed by atoms with van der Waals surface area (Å²) in [5.74, 6) is -1.68. The van der Waals surface area contributed by atoms with E-state index in [2.05, 4.69) is 4.74 Å². The molecule has 0 saturated carbocycles. The minimum absolute atomic E-state index is 0.123. The van der Waals surface area contributed by atoms with Crippen LogP contribution in [0, 0.1) is 11.6 Å². The number of aliphatic hydroxyl groups is 1. The summed E-state index contributed by atoms with van der Waals surface area (Å²) in [5, 5.41) is 18.8. The summed E-state index contributed by atoms with van der Waals surface area (Å²) in [7, 11) is 0. The summed E-state index contributed by atoms with van der Waals surface area (Å²) in [6.45, 7) is 3.93. The van der Waals surface area contributed by atoms with Crippen LogP contribution < -0.4 is 4.74 Å². The van der Waals surface area contributed by atoms with E-state index in [4.69, 9.17) is 9.47 Å². The molecule has 3 rings (SSSR count). The third-order valence-corrected chi connectivity index (χ3v) is 4.82. The van der Waals surface area contributed by atoms with E-state index in [-0.39, 0.29) is 37.0 Å². The molecule has 0 bridgehead atoms. The quantitative estimate of drug-likeness (QED) is 0.603. The molecular weight excluding hydrogens is 438 g/mol. The first-order valence-corrected chi connectivity index (χ1v) is 10.7. The fourth-order valence-corrected chi connectivity index (χ4v) is 3.14. The van der Waals surface area contributed by atoms with E-state index in [0.717, 1.165) is 11.6 Å². The first kappa shape index (κ1) is 26.1. The number of phenolic OH excluding ortho intramolecular Hbond substituents is 1. The van der Waals surface area contributed by atoms with Crippen LogP contribution in [0.15, 0.2) is 36.4 Å². The van der Waals surface area contributed by atoms with Crippen LogP contribution in [0.5, 0.6) is 11.5 Å². The van der Waals surface area contributed by atoms with Crippen LogP contribution in [0.1, 0.15) is 37.8 Å². The zero-order valence-corrected chi connectivity index (χ0v) is 18.6. The van der Waals surface area contributed by atoms with Gasteiger partial charge in [-0.1, -0.05) is 12.1 Å². The molecule has 0 spiro atoms. The average molecular weight is 466 g/mol. The molecule has 1 aliphatic rings. The Morgan fingerprint density at radius 2 is 1.76 bits per heavy atom. The fourth-order valence-electron chi connectivity index (χ4n) is 3.14. The van der Waals surface area contributed by atoms with Gasteiger partial charge in [0.2, 0.25) is 0 Å². The van der Waals surface area contributed by atoms with E-state index in [1.807, 2.05) is 0 Å². The van der Waals surface area contributed by atoms with Crippen LogP contribution in [0.3, 0.4) is 0 Å². The molecule has 1 aliphatic heterocycles. The number of esters is 2. The van der Waals surface area contributed by atoms with Crippen molar-refractivity contribution in [2.24, 2.45) is 0 Å². The van der Waals surface area contributed by atoms with E-state index < -0.39 is 24.0 Å². The van der Waals surface area contributed by atoms with Crippen molar-refractivity contribution in [2.75, 3.05) is 13.2 Å². The van der Waals surface area contributed by atoms with Gasteiger partial charge in [-0.2, -0.15) is 0 Å². The van der Waals surface area contributed by atoms with Gasteiger partial charge in [0.05, 0.1) is 13.2 Å². The smallest absolute Gasteiger partial charge is 0.347 e. The molecule has 0 aliphatic carbocycles. The van der Waals surface area contributed by atoms with Gasteiger partial charge in [-0.15, -0.1) is 0 Å². The predicted molar refractivity (Wildman–Crippen MR) is 115 cm³/mol. The summed E-state index contributed by atoms with van der Waals surface area (Å²) in [6.07, 6.45) is -0.144. The minimum Gasteiger partial charge on any atom is -0.508 e. The molecule has 0 amide bonds. The molecule has 0 fully saturated rings. The zero-order chi connectivity index (χ0) is 24.4. The molecule has 1 heterocycles. The standard InChI is InChI=1S/C12H15FO4.C12H13FO3/c1-2-17-12(16)10(14)6-4-8-3-5-9(13)7-11(8)15;1-2-15-12(14)10-6-4-8-3-5-9(13)7-11(8)16-10/h3,5,7,10,14-15H,2,4,6H2,1H3;3,5,7,10H,2,4,6H2,1H3. The third-order valence-electron chi connectivity index (χ3n) is 4.82. The van der Waals surface area contributed by atoms with Crippen LogP contribution in [0.2, 0.25) is 0 Å². The van der Waals surface area contributed by atoms with Crippen molar-refractivity contribution >= 4 is 11.9 Å². The molecule has 2 aromatic carbocycles. The highest BCUT2D eigenvalue weighted by Gasteiger charge is 2.27. The van der Waals surface area contributed by atoms with E-state index >= 15 is 0 Å². The maximum atomic E-state index is 13.0. The lowest BCUT2D eigenvalue weighted by atomic mass is 10.0. The van der Waals surface area contributed by atoms with Crippen molar-refractivity contribution in [1.29, 1.82) is 0 Å². The predicted octanol–water partition coefficient (Wildman–Crippen LogP) is 3.47. The second kappa shape index (κ2) is 12.7. The Balaban J connectivity index is 0.000000234. The largest absolute Gasteiger partial charge is 0.508 e. The number of aryl methyl sites for hydroxylation is 2. The highest BCUT2D eigenvalue weighted by molar-refractivity contribution is 5.75. The van der Waals surface area contributed by atoms with Crippen LogP contribution in [-0.2, 0) is 31.9 Å². The monoisotopic (exact) mass is 466 g/mol. The molecule has 9 heteroatoms. The number of hydrogen-bond donors (Lipinski definition) is 2. The Morgan fingerprint density at radius 1 is 1.09 bits per heavy atom. The van der Waals surface area contributed by atoms with Gasteiger partial charge in [0, 0.05) is 12.1 Å². The second-order valence-corrected chi connectivity index (χ2v) is 7.23. The minimum atomic E-state index is -1.22. The molecule has 7 nitrogen and oxygen atoms in total. The third kappa shape index (κ3) is 8.02. The topological polar surface area (TPSA) is 102 Å².